The number of alkyl halides is 3. The molecule has 8 nitrogen and oxygen atoms in total. The van der Waals surface area contributed by atoms with E-state index in [0.717, 1.165) is 57.8 Å². The van der Waals surface area contributed by atoms with Crippen LogP contribution in [0.1, 0.15) is 5.56 Å². The number of nitrogens with zero attached hydrogens (tertiary/aromatic N) is 8. The molecule has 4 aromatic heterocycles. The molecule has 13 rings (SSSR count). The van der Waals surface area contributed by atoms with Gasteiger partial charge in [-0.05, 0) is 62.3 Å². The van der Waals surface area contributed by atoms with Gasteiger partial charge in [-0.15, -0.1) is 0 Å². The zero-order chi connectivity index (χ0) is 51.7. The molecular formula is C62H36F5N8P. The van der Waals surface area contributed by atoms with E-state index in [0.29, 0.717) is 86.9 Å². The molecule has 0 fully saturated rings. The minimum absolute atomic E-state index is 0.00179. The summed E-state index contributed by atoms with van der Waals surface area (Å²) in [5.41, 5.74) is 4.98. The van der Waals surface area contributed by atoms with Gasteiger partial charge in [0.25, 0.3) is 0 Å². The third-order valence-electron chi connectivity index (χ3n) is 13.4. The van der Waals surface area contributed by atoms with Crippen molar-refractivity contribution in [1.29, 1.82) is 0 Å². The van der Waals surface area contributed by atoms with E-state index in [-0.39, 0.29) is 22.5 Å². The Kier molecular flexibility index (Phi) is 11.2. The smallest absolute Gasteiger partial charge is 0.309 e. The van der Waals surface area contributed by atoms with Gasteiger partial charge in [-0.1, -0.05) is 158 Å². The topological polar surface area (TPSA) is 87.2 Å². The van der Waals surface area contributed by atoms with Crippen molar-refractivity contribution in [3.05, 3.63) is 223 Å². The molecule has 9 aromatic carbocycles. The number of benzene rings is 9. The molecule has 0 amide bonds. The number of para-hydroxylation sites is 2. The molecular weight excluding hydrogens is 983 g/mol. The SMILES string of the molecule is C=Pc1nc(-c2ccccc2)nc(-c2ccc3c4ccccc4n(-c4cc(C(F)(F)F)cc(-n5c6ccccc6c6ccc(-c7nc(-c8ccccc8)nc(-c8ccccc8)n7)cc65)c4-c4cc(F)cc(F)c4)c3c2)n1. The number of hydrogen-bond acceptors (Lipinski definition) is 6. The summed E-state index contributed by atoms with van der Waals surface area (Å²) < 4.78 is 83.0. The van der Waals surface area contributed by atoms with Gasteiger partial charge in [-0.3, -0.25) is 0 Å². The molecule has 0 saturated carbocycles. The lowest BCUT2D eigenvalue weighted by atomic mass is 9.97. The van der Waals surface area contributed by atoms with Crippen molar-refractivity contribution in [3.8, 4) is 79.4 Å². The summed E-state index contributed by atoms with van der Waals surface area (Å²) in [6, 6.07) is 59.5. The maximum absolute atomic E-state index is 15.9. The second-order valence-corrected chi connectivity index (χ2v) is 18.8. The third kappa shape index (κ3) is 8.14. The zero-order valence-corrected chi connectivity index (χ0v) is 40.6. The zero-order valence-electron chi connectivity index (χ0n) is 39.8. The van der Waals surface area contributed by atoms with Gasteiger partial charge in [0.05, 0.1) is 39.0 Å². The minimum Gasteiger partial charge on any atom is -0.309 e. The summed E-state index contributed by atoms with van der Waals surface area (Å²) in [6.07, 6.45) is -0.891. The summed E-state index contributed by atoms with van der Waals surface area (Å²) >= 11 is 0. The summed E-state index contributed by atoms with van der Waals surface area (Å²) in [7, 11) is 0.545. The van der Waals surface area contributed by atoms with Crippen LogP contribution in [0.15, 0.2) is 206 Å². The molecule has 0 N–H and O–H groups in total. The molecule has 4 heterocycles. The van der Waals surface area contributed by atoms with E-state index in [1.54, 1.807) is 21.3 Å². The average Bonchev–Trinajstić information content (AvgIpc) is 3.97. The summed E-state index contributed by atoms with van der Waals surface area (Å²) in [5.74, 6) is 0.0853. The van der Waals surface area contributed by atoms with E-state index in [1.807, 2.05) is 164 Å². The van der Waals surface area contributed by atoms with Crippen LogP contribution in [0.5, 0.6) is 0 Å². The first-order valence-corrected chi connectivity index (χ1v) is 25.1. The highest BCUT2D eigenvalue weighted by atomic mass is 31.1. The molecule has 0 aliphatic heterocycles. The molecule has 0 radical (unpaired) electrons. The largest absolute Gasteiger partial charge is 0.416 e. The lowest BCUT2D eigenvalue weighted by molar-refractivity contribution is -0.137. The maximum atomic E-state index is 15.9. The van der Waals surface area contributed by atoms with Crippen LogP contribution in [0.25, 0.3) is 123 Å². The van der Waals surface area contributed by atoms with Crippen LogP contribution in [0, 0.1) is 11.6 Å². The van der Waals surface area contributed by atoms with Crippen LogP contribution in [0.3, 0.4) is 0 Å². The van der Waals surface area contributed by atoms with E-state index in [9.17, 15) is 0 Å². The van der Waals surface area contributed by atoms with Gasteiger partial charge in [-0.25, -0.2) is 38.7 Å². The van der Waals surface area contributed by atoms with E-state index in [1.165, 1.54) is 0 Å². The molecule has 0 atom stereocenters. The number of rotatable bonds is 9. The summed E-state index contributed by atoms with van der Waals surface area (Å²) in [4.78, 5) is 29.1. The number of aromatic nitrogens is 8. The first-order chi connectivity index (χ1) is 37.1. The molecule has 0 aliphatic rings. The number of fused-ring (bicyclic) bond motifs is 6. The average molecular weight is 1020 g/mol. The Labute approximate surface area is 432 Å². The van der Waals surface area contributed by atoms with Crippen molar-refractivity contribution in [3.63, 3.8) is 0 Å². The van der Waals surface area contributed by atoms with Crippen molar-refractivity contribution < 1.29 is 22.0 Å². The molecule has 0 aliphatic carbocycles. The molecule has 76 heavy (non-hydrogen) atoms. The van der Waals surface area contributed by atoms with Crippen LogP contribution in [-0.2, 0) is 6.18 Å². The fourth-order valence-corrected chi connectivity index (χ4v) is 10.4. The Bertz CT molecular complexity index is 4370. The van der Waals surface area contributed by atoms with E-state index in [4.69, 9.17) is 24.9 Å². The van der Waals surface area contributed by atoms with Crippen molar-refractivity contribution >= 4 is 63.7 Å². The third-order valence-corrected chi connectivity index (χ3v) is 13.9. The highest BCUT2D eigenvalue weighted by Gasteiger charge is 2.35. The van der Waals surface area contributed by atoms with Gasteiger partial charge >= 0.3 is 6.18 Å². The predicted molar refractivity (Wildman–Crippen MR) is 293 cm³/mol. The van der Waals surface area contributed by atoms with Gasteiger partial charge in [-0.2, -0.15) is 13.2 Å². The summed E-state index contributed by atoms with van der Waals surface area (Å²) in [6.45, 7) is 0. The van der Waals surface area contributed by atoms with Gasteiger partial charge in [0, 0.05) is 61.0 Å². The Hall–Kier alpha value is -9.58. The van der Waals surface area contributed by atoms with Crippen LogP contribution >= 0.6 is 8.20 Å². The molecule has 0 bridgehead atoms. The summed E-state index contributed by atoms with van der Waals surface area (Å²) in [5, 5.41) is 2.84. The standard InChI is InChI=1S/C62H36F5N8P/c1-76-61-72-58(38-19-9-4-10-20-38)71-60(73-61)40-26-28-48-46-22-12-14-24-50(46)75(52(48)32-40)54-34-42(62(65,66)67)33-53(55(54)41-29-43(63)35-44(64)30-41)74-49-23-13-11-21-45(49)47-27-25-39(31-51(47)74)59-69-56(36-15-5-2-6-16-36)68-57(70-59)37-17-7-3-8-18-37/h2-35H,1H2. The lowest BCUT2D eigenvalue weighted by Crippen LogP contribution is -2.11. The molecule has 0 spiro atoms. The van der Waals surface area contributed by atoms with Crippen molar-refractivity contribution in [2.45, 2.75) is 6.18 Å². The number of hydrogen-bond donors (Lipinski definition) is 0. The molecule has 0 saturated heterocycles. The first kappa shape index (κ1) is 46.2. The fraction of sp³-hybridized carbons (Fsp3) is 0.0161. The van der Waals surface area contributed by atoms with Crippen LogP contribution < -0.4 is 5.57 Å². The van der Waals surface area contributed by atoms with Gasteiger partial charge in [0.1, 0.15) is 11.6 Å². The second kappa shape index (κ2) is 18.4. The Morgan fingerprint density at radius 1 is 0.355 bits per heavy atom. The monoisotopic (exact) mass is 1020 g/mol. The fourth-order valence-electron chi connectivity index (χ4n) is 10.1. The molecule has 14 heteroatoms. The van der Waals surface area contributed by atoms with E-state index in [2.05, 4.69) is 11.3 Å². The van der Waals surface area contributed by atoms with E-state index >= 15 is 22.0 Å². The Balaban J connectivity index is 1.12. The normalized spacial score (nSPS) is 11.9. The highest BCUT2D eigenvalue weighted by Crippen LogP contribution is 2.46. The molecule has 0 unspecified atom stereocenters. The first-order valence-electron chi connectivity index (χ1n) is 24.0. The Morgan fingerprint density at radius 2 is 0.724 bits per heavy atom. The quantitative estimate of drug-likeness (QED) is 0.106. The maximum Gasteiger partial charge on any atom is 0.416 e. The van der Waals surface area contributed by atoms with Crippen molar-refractivity contribution in [1.82, 2.24) is 39.0 Å². The van der Waals surface area contributed by atoms with Gasteiger partial charge in [0.15, 0.2) is 34.7 Å². The van der Waals surface area contributed by atoms with Crippen LogP contribution in [-0.4, -0.2) is 45.3 Å². The highest BCUT2D eigenvalue weighted by molar-refractivity contribution is 7.44. The minimum atomic E-state index is -4.90. The number of halogens is 5. The van der Waals surface area contributed by atoms with Crippen molar-refractivity contribution in [2.75, 3.05) is 0 Å². The predicted octanol–water partition coefficient (Wildman–Crippen LogP) is 15.6. The second-order valence-electron chi connectivity index (χ2n) is 18.1. The molecule has 13 aromatic rings. The van der Waals surface area contributed by atoms with Crippen LogP contribution in [0.2, 0.25) is 0 Å². The lowest BCUT2D eigenvalue weighted by Gasteiger charge is -2.23. The molecule has 364 valence electrons. The van der Waals surface area contributed by atoms with Crippen LogP contribution in [0.4, 0.5) is 22.0 Å². The Morgan fingerprint density at radius 3 is 1.14 bits per heavy atom. The van der Waals surface area contributed by atoms with E-state index < -0.39 is 23.4 Å². The van der Waals surface area contributed by atoms with Crippen molar-refractivity contribution in [2.24, 2.45) is 0 Å². The van der Waals surface area contributed by atoms with Gasteiger partial charge in [0.2, 0.25) is 0 Å². The van der Waals surface area contributed by atoms with Gasteiger partial charge < -0.3 is 9.13 Å².